The second-order valence-electron chi connectivity index (χ2n) is 5.23. The third-order valence-electron chi connectivity index (χ3n) is 4.19. The topological polar surface area (TPSA) is 65.1 Å². The molecular weight excluding hydrogens is 216 g/mol. The Kier molecular flexibility index (Phi) is 4.23. The molecule has 0 radical (unpaired) electrons. The normalized spacial score (nSPS) is 30.6. The molecule has 2 aliphatic rings. The SMILES string of the molecule is CC(/C(N)=N/O)N1CCC(N2CCCCC2)C1. The minimum atomic E-state index is 0.0507. The first-order valence-corrected chi connectivity index (χ1v) is 6.68. The third-order valence-corrected chi connectivity index (χ3v) is 4.19. The first-order valence-electron chi connectivity index (χ1n) is 6.68. The highest BCUT2D eigenvalue weighted by molar-refractivity contribution is 5.84. The van der Waals surface area contributed by atoms with Crippen molar-refractivity contribution in [3.05, 3.63) is 0 Å². The summed E-state index contributed by atoms with van der Waals surface area (Å²) in [5.74, 6) is 0.323. The Morgan fingerprint density at radius 2 is 2.00 bits per heavy atom. The van der Waals surface area contributed by atoms with E-state index in [-0.39, 0.29) is 6.04 Å². The second kappa shape index (κ2) is 5.69. The Morgan fingerprint density at radius 3 is 2.65 bits per heavy atom. The van der Waals surface area contributed by atoms with Gasteiger partial charge >= 0.3 is 0 Å². The van der Waals surface area contributed by atoms with Crippen molar-refractivity contribution in [2.45, 2.75) is 44.7 Å². The van der Waals surface area contributed by atoms with Crippen LogP contribution in [-0.2, 0) is 0 Å². The van der Waals surface area contributed by atoms with Gasteiger partial charge in [-0.25, -0.2) is 0 Å². The quantitative estimate of drug-likeness (QED) is 0.329. The molecule has 0 aliphatic carbocycles. The van der Waals surface area contributed by atoms with E-state index in [4.69, 9.17) is 10.9 Å². The van der Waals surface area contributed by atoms with Gasteiger partial charge in [0.15, 0.2) is 5.84 Å². The third kappa shape index (κ3) is 2.90. The summed E-state index contributed by atoms with van der Waals surface area (Å²) in [5, 5.41) is 11.8. The first kappa shape index (κ1) is 12.6. The molecule has 2 rings (SSSR count). The van der Waals surface area contributed by atoms with Crippen LogP contribution in [0.1, 0.15) is 32.6 Å². The number of hydrogen-bond donors (Lipinski definition) is 2. The molecular formula is C12H24N4O. The molecule has 17 heavy (non-hydrogen) atoms. The number of nitrogens with zero attached hydrogens (tertiary/aromatic N) is 3. The van der Waals surface area contributed by atoms with Crippen LogP contribution in [0.4, 0.5) is 0 Å². The maximum atomic E-state index is 8.71. The predicted octanol–water partition coefficient (Wildman–Crippen LogP) is 0.682. The Morgan fingerprint density at radius 1 is 1.29 bits per heavy atom. The lowest BCUT2D eigenvalue weighted by atomic mass is 10.1. The van der Waals surface area contributed by atoms with E-state index < -0.39 is 0 Å². The predicted molar refractivity (Wildman–Crippen MR) is 68.3 cm³/mol. The minimum absolute atomic E-state index is 0.0507. The lowest BCUT2D eigenvalue weighted by Gasteiger charge is -2.32. The molecule has 98 valence electrons. The molecule has 3 N–H and O–H groups in total. The molecule has 2 unspecified atom stereocenters. The van der Waals surface area contributed by atoms with Crippen LogP contribution in [0.5, 0.6) is 0 Å². The van der Waals surface area contributed by atoms with Crippen molar-refractivity contribution in [1.82, 2.24) is 9.80 Å². The van der Waals surface area contributed by atoms with Crippen molar-refractivity contribution in [3.8, 4) is 0 Å². The van der Waals surface area contributed by atoms with Gasteiger partial charge in [0.2, 0.25) is 0 Å². The van der Waals surface area contributed by atoms with Crippen LogP contribution in [0, 0.1) is 0 Å². The van der Waals surface area contributed by atoms with E-state index in [1.807, 2.05) is 6.92 Å². The maximum absolute atomic E-state index is 8.71. The second-order valence-corrected chi connectivity index (χ2v) is 5.23. The Bertz CT molecular complexity index is 276. The van der Waals surface area contributed by atoms with Gasteiger partial charge in [-0.1, -0.05) is 11.6 Å². The summed E-state index contributed by atoms with van der Waals surface area (Å²) in [5.41, 5.74) is 5.66. The molecule has 0 saturated carbocycles. The lowest BCUT2D eigenvalue weighted by molar-refractivity contribution is 0.159. The molecule has 0 aromatic rings. The summed E-state index contributed by atoms with van der Waals surface area (Å²) in [4.78, 5) is 4.93. The highest BCUT2D eigenvalue weighted by atomic mass is 16.4. The van der Waals surface area contributed by atoms with Crippen molar-refractivity contribution in [2.24, 2.45) is 10.9 Å². The van der Waals surface area contributed by atoms with E-state index in [9.17, 15) is 0 Å². The van der Waals surface area contributed by atoms with Crippen LogP contribution in [0.15, 0.2) is 5.16 Å². The van der Waals surface area contributed by atoms with Gasteiger partial charge in [0.1, 0.15) is 0 Å². The van der Waals surface area contributed by atoms with Gasteiger partial charge in [0.05, 0.1) is 6.04 Å². The number of rotatable bonds is 3. The van der Waals surface area contributed by atoms with E-state index in [1.54, 1.807) is 0 Å². The zero-order valence-electron chi connectivity index (χ0n) is 10.7. The standard InChI is InChI=1S/C12H24N4O/c1-10(12(13)14-17)16-8-5-11(9-16)15-6-3-2-4-7-15/h10-11,17H,2-9H2,1H3,(H2,13,14). The fourth-order valence-electron chi connectivity index (χ4n) is 2.97. The van der Waals surface area contributed by atoms with Crippen LogP contribution in [0.25, 0.3) is 0 Å². The summed E-state index contributed by atoms with van der Waals surface area (Å²) in [6.07, 6.45) is 5.27. The number of nitrogens with two attached hydrogens (primary N) is 1. The molecule has 2 atom stereocenters. The molecule has 5 heteroatoms. The van der Waals surface area contributed by atoms with Gasteiger partial charge in [0.25, 0.3) is 0 Å². The average Bonchev–Trinajstić information content (AvgIpc) is 2.87. The number of amidine groups is 1. The summed E-state index contributed by atoms with van der Waals surface area (Å²) in [6.45, 7) is 6.61. The minimum Gasteiger partial charge on any atom is -0.409 e. The van der Waals surface area contributed by atoms with Crippen LogP contribution in [-0.4, -0.2) is 59.1 Å². The lowest BCUT2D eigenvalue weighted by Crippen LogP contribution is -2.45. The molecule has 5 nitrogen and oxygen atoms in total. The van der Waals surface area contributed by atoms with Crippen molar-refractivity contribution in [1.29, 1.82) is 0 Å². The summed E-state index contributed by atoms with van der Waals surface area (Å²) < 4.78 is 0. The first-order chi connectivity index (χ1) is 8.22. The largest absolute Gasteiger partial charge is 0.409 e. The molecule has 2 heterocycles. The smallest absolute Gasteiger partial charge is 0.156 e. The molecule has 2 aliphatic heterocycles. The summed E-state index contributed by atoms with van der Waals surface area (Å²) >= 11 is 0. The van der Waals surface area contributed by atoms with Gasteiger partial charge in [0, 0.05) is 19.1 Å². The van der Waals surface area contributed by atoms with Gasteiger partial charge in [-0.3, -0.25) is 9.80 Å². The molecule has 0 bridgehead atoms. The number of oxime groups is 1. The van der Waals surface area contributed by atoms with E-state index in [0.29, 0.717) is 11.9 Å². The average molecular weight is 240 g/mol. The number of likely N-dealkylation sites (tertiary alicyclic amines) is 2. The van der Waals surface area contributed by atoms with E-state index in [1.165, 1.54) is 38.8 Å². The molecule has 0 spiro atoms. The highest BCUT2D eigenvalue weighted by Crippen LogP contribution is 2.21. The van der Waals surface area contributed by atoms with Crippen molar-refractivity contribution in [2.75, 3.05) is 26.2 Å². The van der Waals surface area contributed by atoms with Crippen molar-refractivity contribution < 1.29 is 5.21 Å². The number of hydrogen-bond acceptors (Lipinski definition) is 4. The zero-order chi connectivity index (χ0) is 12.3. The van der Waals surface area contributed by atoms with Crippen LogP contribution < -0.4 is 5.73 Å². The van der Waals surface area contributed by atoms with E-state index >= 15 is 0 Å². The Hall–Kier alpha value is -0.810. The summed E-state index contributed by atoms with van der Waals surface area (Å²) in [6, 6.07) is 0.721. The molecule has 2 fully saturated rings. The fraction of sp³-hybridized carbons (Fsp3) is 0.917. The Balaban J connectivity index is 1.86. The fourth-order valence-corrected chi connectivity index (χ4v) is 2.97. The zero-order valence-corrected chi connectivity index (χ0v) is 10.7. The summed E-state index contributed by atoms with van der Waals surface area (Å²) in [7, 11) is 0. The van der Waals surface area contributed by atoms with Crippen LogP contribution >= 0.6 is 0 Å². The van der Waals surface area contributed by atoms with E-state index in [2.05, 4.69) is 15.0 Å². The van der Waals surface area contributed by atoms with Crippen molar-refractivity contribution in [3.63, 3.8) is 0 Å². The highest BCUT2D eigenvalue weighted by Gasteiger charge is 2.31. The molecule has 2 saturated heterocycles. The van der Waals surface area contributed by atoms with Crippen molar-refractivity contribution >= 4 is 5.84 Å². The maximum Gasteiger partial charge on any atom is 0.156 e. The monoisotopic (exact) mass is 240 g/mol. The molecule has 0 amide bonds. The van der Waals surface area contributed by atoms with Crippen LogP contribution in [0.3, 0.4) is 0 Å². The molecule has 0 aromatic carbocycles. The van der Waals surface area contributed by atoms with Gasteiger partial charge in [-0.15, -0.1) is 0 Å². The Labute approximate surface area is 103 Å². The molecule has 0 aromatic heterocycles. The van der Waals surface area contributed by atoms with Gasteiger partial charge in [-0.05, 0) is 39.3 Å². The number of piperidine rings is 1. The van der Waals surface area contributed by atoms with E-state index in [0.717, 1.165) is 13.1 Å². The van der Waals surface area contributed by atoms with Gasteiger partial charge in [-0.2, -0.15) is 0 Å². The van der Waals surface area contributed by atoms with Crippen LogP contribution in [0.2, 0.25) is 0 Å². The van der Waals surface area contributed by atoms with Gasteiger partial charge < -0.3 is 10.9 Å².